The molecular weight excluding hydrogens is 163 g/mol. The third kappa shape index (κ3) is 5020. The third-order valence-corrected chi connectivity index (χ3v) is 0. The lowest BCUT2D eigenvalue weighted by Gasteiger charge is -1.48. The summed E-state index contributed by atoms with van der Waals surface area (Å²) in [6, 6.07) is 0. The van der Waals surface area contributed by atoms with E-state index >= 15 is 0 Å². The van der Waals surface area contributed by atoms with Gasteiger partial charge in [0, 0.05) is 0 Å². The zero-order chi connectivity index (χ0) is 7.41. The maximum Gasteiger partial charge on any atom is -0.0410 e. The van der Waals surface area contributed by atoms with Crippen LogP contribution in [0.2, 0.25) is 0 Å². The molecule has 0 N–H and O–H groups in total. The van der Waals surface area contributed by atoms with Gasteiger partial charge in [-0.2, -0.15) is 0 Å². The molecule has 0 amide bonds. The summed E-state index contributed by atoms with van der Waals surface area (Å²) < 4.78 is 0. The quantitative estimate of drug-likeness (QED) is 0.429. The van der Waals surface area contributed by atoms with Crippen LogP contribution in [0.15, 0.2) is 0 Å². The van der Waals surface area contributed by atoms with Gasteiger partial charge in [-0.05, 0) is 6.16 Å². The number of hydrogen-bond acceptors (Lipinski definition) is 0. The van der Waals surface area contributed by atoms with E-state index in [9.17, 15) is 0 Å². The summed E-state index contributed by atoms with van der Waals surface area (Å²) in [6.45, 7) is 10.3. The van der Waals surface area contributed by atoms with Crippen molar-refractivity contribution in [2.45, 2.75) is 70.7 Å². The van der Waals surface area contributed by atoms with Crippen LogP contribution < -0.4 is 0 Å². The molecule has 0 aliphatic heterocycles. The maximum atomic E-state index is 2.58. The van der Waals surface area contributed by atoms with Gasteiger partial charge in [0.05, 0.1) is 0 Å². The summed E-state index contributed by atoms with van der Waals surface area (Å²) in [6.07, 6.45) is 2.42. The highest BCUT2D eigenvalue weighted by molar-refractivity contribution is 7.16. The summed E-state index contributed by atoms with van der Waals surface area (Å²) in [5.41, 5.74) is 0. The smallest absolute Gasteiger partial charge is 0.0410 e. The van der Waals surface area contributed by atoms with Gasteiger partial charge in [0.1, 0.15) is 0 Å². The lowest BCUT2D eigenvalue weighted by molar-refractivity contribution is 1.09. The van der Waals surface area contributed by atoms with Crippen LogP contribution in [0, 0.1) is 0 Å². The molecule has 1 atom stereocenters. The van der Waals surface area contributed by atoms with Gasteiger partial charge in [-0.15, -0.1) is 9.24 Å². The Balaban J connectivity index is -0.00000000544. The van der Waals surface area contributed by atoms with E-state index in [2.05, 4.69) is 30.0 Å². The average molecular weight is 200 g/mol. The monoisotopic (exact) mass is 200 g/mol. The molecule has 12 heavy (non-hydrogen) atoms. The van der Waals surface area contributed by atoms with Gasteiger partial charge in [0.25, 0.3) is 0 Å². The van der Waals surface area contributed by atoms with Crippen LogP contribution in [-0.4, -0.2) is 6.16 Å². The Morgan fingerprint density at radius 3 is 0.750 bits per heavy atom. The second-order valence-electron chi connectivity index (χ2n) is 1.12. The summed E-state index contributed by atoms with van der Waals surface area (Å²) in [7, 11) is 2.58. The molecule has 0 spiro atoms. The Morgan fingerprint density at radius 1 is 0.750 bits per heavy atom. The molecule has 0 fully saturated rings. The van der Waals surface area contributed by atoms with Crippen molar-refractivity contribution in [1.29, 1.82) is 0 Å². The van der Waals surface area contributed by atoms with E-state index < -0.39 is 0 Å². The third-order valence-electron chi connectivity index (χ3n) is 0. The standard InChI is InChI=1S/C3H8.C2H7P.C2H6.4CH4/c1-3-2;1-2-3;1-2;;;;/h3H2,1-2H3;2-3H2,1H3;1-2H3;4*1H4. The molecule has 1 unspecified atom stereocenters. The molecule has 86 valence electrons. The largest absolute Gasteiger partial charge is 0.138 e. The van der Waals surface area contributed by atoms with Crippen LogP contribution in [0.4, 0.5) is 0 Å². The normalized spacial score (nSPS) is 3.50. The van der Waals surface area contributed by atoms with Crippen LogP contribution in [0.1, 0.15) is 70.7 Å². The Morgan fingerprint density at radius 2 is 0.750 bits per heavy atom. The maximum absolute atomic E-state index is 2.58. The van der Waals surface area contributed by atoms with Crippen molar-refractivity contribution in [2.24, 2.45) is 0 Å². The lowest BCUT2D eigenvalue weighted by atomic mass is 10.6. The first-order valence-electron chi connectivity index (χ1n) is 3.53. The first kappa shape index (κ1) is 55.1. The van der Waals surface area contributed by atoms with Crippen molar-refractivity contribution in [2.75, 3.05) is 6.16 Å². The predicted molar refractivity (Wildman–Crippen MR) is 74.5 cm³/mol. The van der Waals surface area contributed by atoms with Crippen molar-refractivity contribution in [1.82, 2.24) is 0 Å². The Kier molecular flexibility index (Phi) is 966. The minimum absolute atomic E-state index is 0. The van der Waals surface area contributed by atoms with Gasteiger partial charge in [-0.3, -0.25) is 0 Å². The first-order valence-corrected chi connectivity index (χ1v) is 4.35. The van der Waals surface area contributed by atoms with Gasteiger partial charge >= 0.3 is 0 Å². The second kappa shape index (κ2) is 211. The lowest BCUT2D eigenvalue weighted by Crippen LogP contribution is -1.33. The number of hydrogen-bond donors (Lipinski definition) is 0. The molecule has 1 heteroatoms. The highest BCUT2D eigenvalue weighted by Crippen LogP contribution is 1.68. The Labute approximate surface area is 86.8 Å². The van der Waals surface area contributed by atoms with Crippen molar-refractivity contribution in [3.05, 3.63) is 0 Å². The van der Waals surface area contributed by atoms with E-state index in [4.69, 9.17) is 0 Å². The molecular formula is C11H37P. The van der Waals surface area contributed by atoms with Gasteiger partial charge in [-0.1, -0.05) is 70.7 Å². The topological polar surface area (TPSA) is 0 Å². The SMILES string of the molecule is C.C.C.C.CC.CCC.CCP. The molecule has 0 nitrogen and oxygen atoms in total. The fourth-order valence-corrected chi connectivity index (χ4v) is 0. The van der Waals surface area contributed by atoms with Crippen molar-refractivity contribution < 1.29 is 0 Å². The van der Waals surface area contributed by atoms with Crippen LogP contribution in [0.5, 0.6) is 0 Å². The molecule has 0 aromatic carbocycles. The summed E-state index contributed by atoms with van der Waals surface area (Å²) in [5, 5.41) is 0. The molecule has 0 aromatic rings. The highest BCUT2D eigenvalue weighted by atomic mass is 31.0. The summed E-state index contributed by atoms with van der Waals surface area (Å²) >= 11 is 0. The molecule has 0 aromatic heterocycles. The summed E-state index contributed by atoms with van der Waals surface area (Å²) in [5.74, 6) is 0. The fraction of sp³-hybridized carbons (Fsp3) is 1.00. The van der Waals surface area contributed by atoms with Gasteiger partial charge in [0.2, 0.25) is 0 Å². The van der Waals surface area contributed by atoms with Gasteiger partial charge < -0.3 is 0 Å². The highest BCUT2D eigenvalue weighted by Gasteiger charge is 1.35. The van der Waals surface area contributed by atoms with Crippen molar-refractivity contribution in [3.63, 3.8) is 0 Å². The molecule has 0 aliphatic rings. The fourth-order valence-electron chi connectivity index (χ4n) is 0. The summed E-state index contributed by atoms with van der Waals surface area (Å²) in [4.78, 5) is 0. The van der Waals surface area contributed by atoms with E-state index in [1.165, 1.54) is 12.6 Å². The average Bonchev–Trinajstić information content (AvgIpc) is 1.75. The number of rotatable bonds is 0. The molecule has 0 bridgehead atoms. The molecule has 0 saturated carbocycles. The molecule has 0 aliphatic carbocycles. The molecule has 0 rings (SSSR count). The Bertz CT molecular complexity index is 6.97. The van der Waals surface area contributed by atoms with Crippen LogP contribution in [-0.2, 0) is 0 Å². The Hall–Kier alpha value is 0.430. The zero-order valence-electron chi connectivity index (χ0n) is 6.99. The predicted octanol–water partition coefficient (Wildman–Crippen LogP) is 5.87. The molecule has 0 saturated heterocycles. The van der Waals surface area contributed by atoms with Crippen molar-refractivity contribution in [3.8, 4) is 0 Å². The van der Waals surface area contributed by atoms with E-state index in [0.717, 1.165) is 0 Å². The van der Waals surface area contributed by atoms with E-state index in [1.807, 2.05) is 13.8 Å². The van der Waals surface area contributed by atoms with E-state index in [1.54, 1.807) is 0 Å². The van der Waals surface area contributed by atoms with Crippen LogP contribution in [0.25, 0.3) is 0 Å². The molecule has 0 radical (unpaired) electrons. The zero-order valence-corrected chi connectivity index (χ0v) is 8.15. The van der Waals surface area contributed by atoms with Crippen LogP contribution >= 0.6 is 9.24 Å². The molecule has 0 heterocycles. The van der Waals surface area contributed by atoms with E-state index in [-0.39, 0.29) is 29.7 Å². The first-order chi connectivity index (χ1) is 3.83. The minimum atomic E-state index is 0. The van der Waals surface area contributed by atoms with Crippen molar-refractivity contribution >= 4 is 9.24 Å². The minimum Gasteiger partial charge on any atom is -0.138 e. The van der Waals surface area contributed by atoms with Crippen LogP contribution in [0.3, 0.4) is 0 Å². The second-order valence-corrected chi connectivity index (χ2v) is 1.93. The van der Waals surface area contributed by atoms with Gasteiger partial charge in [-0.25, -0.2) is 0 Å². The van der Waals surface area contributed by atoms with Gasteiger partial charge in [0.15, 0.2) is 0 Å². The van der Waals surface area contributed by atoms with E-state index in [0.29, 0.717) is 0 Å².